The minimum Gasteiger partial charge on any atom is -0.451 e. The average molecular weight is 461 g/mol. The summed E-state index contributed by atoms with van der Waals surface area (Å²) < 4.78 is 6.00. The van der Waals surface area contributed by atoms with E-state index >= 15 is 0 Å². The van der Waals surface area contributed by atoms with E-state index in [-0.39, 0.29) is 11.9 Å². The van der Waals surface area contributed by atoms with Crippen LogP contribution in [0, 0.1) is 0 Å². The van der Waals surface area contributed by atoms with Gasteiger partial charge in [0, 0.05) is 35.6 Å². The van der Waals surface area contributed by atoms with Gasteiger partial charge >= 0.3 is 0 Å². The van der Waals surface area contributed by atoms with Crippen molar-refractivity contribution < 1.29 is 9.21 Å². The van der Waals surface area contributed by atoms with Crippen molar-refractivity contribution in [2.75, 3.05) is 20.6 Å². The minimum absolute atomic E-state index is 0.0554. The first-order chi connectivity index (χ1) is 16.1. The van der Waals surface area contributed by atoms with E-state index in [2.05, 4.69) is 51.4 Å². The number of thioether (sulfide) groups is 1. The van der Waals surface area contributed by atoms with Crippen LogP contribution in [0.2, 0.25) is 0 Å². The molecule has 2 aromatic carbocycles. The number of carbonyl (C=O) groups is 1. The van der Waals surface area contributed by atoms with Crippen LogP contribution in [-0.2, 0) is 12.2 Å². The summed E-state index contributed by atoms with van der Waals surface area (Å²) in [5.41, 5.74) is 4.02. The zero-order valence-electron chi connectivity index (χ0n) is 19.1. The Labute approximate surface area is 198 Å². The number of aryl methyl sites for hydroxylation is 1. The highest BCUT2D eigenvalue weighted by atomic mass is 32.2. The summed E-state index contributed by atoms with van der Waals surface area (Å²) >= 11 is 1.48. The molecule has 0 saturated heterocycles. The van der Waals surface area contributed by atoms with E-state index < -0.39 is 0 Å². The SMILES string of the molecule is CCc1ccc(C(CNC(=O)c2oc3ccccc3c2CSc2ncccn2)N(C)C)cc1. The number of rotatable bonds is 9. The molecule has 0 bridgehead atoms. The van der Waals surface area contributed by atoms with Crippen LogP contribution in [0.4, 0.5) is 0 Å². The normalized spacial score (nSPS) is 12.2. The van der Waals surface area contributed by atoms with Crippen LogP contribution in [0.5, 0.6) is 0 Å². The van der Waals surface area contributed by atoms with Crippen molar-refractivity contribution >= 4 is 28.6 Å². The molecule has 0 fully saturated rings. The van der Waals surface area contributed by atoms with Gasteiger partial charge in [0.25, 0.3) is 5.91 Å². The monoisotopic (exact) mass is 460 g/mol. The average Bonchev–Trinajstić information content (AvgIpc) is 3.22. The van der Waals surface area contributed by atoms with Gasteiger partial charge in [0.2, 0.25) is 0 Å². The first kappa shape index (κ1) is 23.0. The van der Waals surface area contributed by atoms with Crippen LogP contribution < -0.4 is 5.32 Å². The molecular weight excluding hydrogens is 432 g/mol. The number of furan rings is 1. The van der Waals surface area contributed by atoms with Gasteiger partial charge in [-0.25, -0.2) is 9.97 Å². The summed E-state index contributed by atoms with van der Waals surface area (Å²) in [6.45, 7) is 2.62. The van der Waals surface area contributed by atoms with Gasteiger partial charge in [0.15, 0.2) is 10.9 Å². The summed E-state index contributed by atoms with van der Waals surface area (Å²) in [6.07, 6.45) is 4.43. The van der Waals surface area contributed by atoms with Crippen molar-refractivity contribution in [3.05, 3.63) is 89.4 Å². The molecule has 0 aliphatic rings. The second-order valence-corrected chi connectivity index (χ2v) is 8.95. The number of hydrogen-bond donors (Lipinski definition) is 1. The molecule has 4 rings (SSSR count). The van der Waals surface area contributed by atoms with Crippen molar-refractivity contribution in [2.24, 2.45) is 0 Å². The maximum absolute atomic E-state index is 13.2. The molecule has 2 heterocycles. The highest BCUT2D eigenvalue weighted by molar-refractivity contribution is 7.98. The summed E-state index contributed by atoms with van der Waals surface area (Å²) in [5, 5.41) is 4.69. The first-order valence-corrected chi connectivity index (χ1v) is 12.0. The van der Waals surface area contributed by atoms with Crippen molar-refractivity contribution in [1.29, 1.82) is 0 Å². The van der Waals surface area contributed by atoms with Crippen molar-refractivity contribution in [3.8, 4) is 0 Å². The van der Waals surface area contributed by atoms with Crippen LogP contribution in [0.15, 0.2) is 76.6 Å². The number of para-hydroxylation sites is 1. The van der Waals surface area contributed by atoms with Gasteiger partial charge < -0.3 is 14.6 Å². The number of hydrogen-bond acceptors (Lipinski definition) is 6. The fourth-order valence-corrected chi connectivity index (χ4v) is 4.60. The van der Waals surface area contributed by atoms with E-state index in [9.17, 15) is 4.79 Å². The lowest BCUT2D eigenvalue weighted by Crippen LogP contribution is -2.34. The Balaban J connectivity index is 1.54. The Morgan fingerprint density at radius 1 is 1.06 bits per heavy atom. The summed E-state index contributed by atoms with van der Waals surface area (Å²) in [5.74, 6) is 0.672. The third-order valence-electron chi connectivity index (χ3n) is 5.64. The van der Waals surface area contributed by atoms with Gasteiger partial charge in [0.05, 0.1) is 6.04 Å². The topological polar surface area (TPSA) is 71.3 Å². The lowest BCUT2D eigenvalue weighted by Gasteiger charge is -2.25. The molecule has 0 saturated carbocycles. The van der Waals surface area contributed by atoms with Gasteiger partial charge in [-0.15, -0.1) is 0 Å². The van der Waals surface area contributed by atoms with E-state index in [1.165, 1.54) is 22.9 Å². The molecule has 0 aliphatic heterocycles. The summed E-state index contributed by atoms with van der Waals surface area (Å²) in [4.78, 5) is 23.9. The molecule has 2 aromatic heterocycles. The second kappa shape index (κ2) is 10.6. The molecule has 1 N–H and O–H groups in total. The predicted octanol–water partition coefficient (Wildman–Crippen LogP) is 5.11. The zero-order chi connectivity index (χ0) is 23.2. The van der Waals surface area contributed by atoms with E-state index in [1.807, 2.05) is 38.4 Å². The summed E-state index contributed by atoms with van der Waals surface area (Å²) in [7, 11) is 4.04. The number of nitrogens with zero attached hydrogens (tertiary/aromatic N) is 3. The van der Waals surface area contributed by atoms with Crippen LogP contribution in [0.25, 0.3) is 11.0 Å². The lowest BCUT2D eigenvalue weighted by atomic mass is 10.0. The molecular formula is C26H28N4O2S. The van der Waals surface area contributed by atoms with Gasteiger partial charge in [-0.1, -0.05) is 61.2 Å². The number of carbonyl (C=O) groups excluding carboxylic acids is 1. The first-order valence-electron chi connectivity index (χ1n) is 11.0. The van der Waals surface area contributed by atoms with Crippen LogP contribution in [0.3, 0.4) is 0 Å². The van der Waals surface area contributed by atoms with Crippen LogP contribution in [-0.4, -0.2) is 41.4 Å². The van der Waals surface area contributed by atoms with E-state index in [4.69, 9.17) is 4.42 Å². The van der Waals surface area contributed by atoms with E-state index in [0.29, 0.717) is 28.8 Å². The molecule has 33 heavy (non-hydrogen) atoms. The van der Waals surface area contributed by atoms with Crippen molar-refractivity contribution in [1.82, 2.24) is 20.2 Å². The molecule has 0 spiro atoms. The molecule has 0 aliphatic carbocycles. The molecule has 6 nitrogen and oxygen atoms in total. The highest BCUT2D eigenvalue weighted by Gasteiger charge is 2.23. The molecule has 1 atom stereocenters. The van der Waals surface area contributed by atoms with Gasteiger partial charge in [-0.3, -0.25) is 4.79 Å². The quantitative estimate of drug-likeness (QED) is 0.276. The van der Waals surface area contributed by atoms with Crippen molar-refractivity contribution in [3.63, 3.8) is 0 Å². The summed E-state index contributed by atoms with van der Waals surface area (Å²) in [6, 6.07) is 18.1. The van der Waals surface area contributed by atoms with Gasteiger partial charge in [-0.2, -0.15) is 0 Å². The predicted molar refractivity (Wildman–Crippen MR) is 132 cm³/mol. The van der Waals surface area contributed by atoms with Crippen molar-refractivity contribution in [2.45, 2.75) is 30.3 Å². The van der Waals surface area contributed by atoms with Gasteiger partial charge in [-0.05, 0) is 43.8 Å². The molecule has 170 valence electrons. The largest absolute Gasteiger partial charge is 0.451 e. The third-order valence-corrected chi connectivity index (χ3v) is 6.55. The number of likely N-dealkylation sites (N-methyl/N-ethyl adjacent to an activating group) is 1. The Hall–Kier alpha value is -3.16. The standard InChI is InChI=1S/C26H28N4O2S/c1-4-18-10-12-19(13-11-18)22(30(2)3)16-29-25(31)24-21(17-33-26-27-14-7-15-28-26)20-8-5-6-9-23(20)32-24/h5-15,22H,4,16-17H2,1-3H3,(H,29,31). The number of benzene rings is 2. The molecule has 1 amide bonds. The maximum Gasteiger partial charge on any atom is 0.287 e. The zero-order valence-corrected chi connectivity index (χ0v) is 19.9. The fourth-order valence-electron chi connectivity index (χ4n) is 3.77. The Morgan fingerprint density at radius 2 is 1.79 bits per heavy atom. The van der Waals surface area contributed by atoms with Gasteiger partial charge in [0.1, 0.15) is 5.58 Å². The molecule has 1 unspecified atom stereocenters. The second-order valence-electron chi connectivity index (χ2n) is 8.01. The van der Waals surface area contributed by atoms with E-state index in [0.717, 1.165) is 17.4 Å². The Kier molecular flexibility index (Phi) is 7.42. The maximum atomic E-state index is 13.2. The minimum atomic E-state index is -0.215. The lowest BCUT2D eigenvalue weighted by molar-refractivity contribution is 0.0915. The van der Waals surface area contributed by atoms with E-state index in [1.54, 1.807) is 18.5 Å². The number of fused-ring (bicyclic) bond motifs is 1. The number of amides is 1. The fraction of sp³-hybridized carbons (Fsp3) is 0.269. The molecule has 7 heteroatoms. The van der Waals surface area contributed by atoms with Crippen LogP contribution >= 0.6 is 11.8 Å². The number of nitrogens with one attached hydrogen (secondary N) is 1. The Morgan fingerprint density at radius 3 is 2.48 bits per heavy atom. The van der Waals surface area contributed by atoms with Crippen LogP contribution in [0.1, 0.15) is 40.2 Å². The smallest absolute Gasteiger partial charge is 0.287 e. The molecule has 0 radical (unpaired) electrons. The third kappa shape index (κ3) is 5.43. The number of aromatic nitrogens is 2. The molecule has 4 aromatic rings. The highest BCUT2D eigenvalue weighted by Crippen LogP contribution is 2.31. The Bertz CT molecular complexity index is 1210.